The van der Waals surface area contributed by atoms with E-state index in [2.05, 4.69) is 5.32 Å². The maximum atomic E-state index is 13.1. The summed E-state index contributed by atoms with van der Waals surface area (Å²) in [7, 11) is 4.71. The molecule has 0 bridgehead atoms. The third kappa shape index (κ3) is 6.49. The molecule has 0 saturated carbocycles. The van der Waals surface area contributed by atoms with Gasteiger partial charge in [0.25, 0.3) is 11.8 Å². The molecule has 2 unspecified atom stereocenters. The molecule has 0 aliphatic heterocycles. The first-order valence-electron chi connectivity index (χ1n) is 8.48. The van der Waals surface area contributed by atoms with Crippen molar-refractivity contribution in [3.05, 3.63) is 21.8 Å². The number of carbonyl (C=O) groups is 2. The molecule has 1 rings (SSSR count). The molecule has 0 fully saturated rings. The smallest absolute Gasteiger partial charge is 0.255 e. The van der Waals surface area contributed by atoms with E-state index >= 15 is 0 Å². The lowest BCUT2D eigenvalue weighted by Gasteiger charge is -2.26. The van der Waals surface area contributed by atoms with Gasteiger partial charge in [-0.3, -0.25) is 9.59 Å². The summed E-state index contributed by atoms with van der Waals surface area (Å²) in [5.41, 5.74) is 1.23. The SMILES string of the molecule is CNc1c(I)c(C(=O)N(C)CC(O)CO)c(I)c(C(=O)N(C)CC(O)CO)c1I. The second kappa shape index (κ2) is 12.1. The predicted molar refractivity (Wildman–Crippen MR) is 134 cm³/mol. The van der Waals surface area contributed by atoms with Crippen LogP contribution in [0.3, 0.4) is 0 Å². The average Bonchev–Trinajstić information content (AvgIpc) is 2.67. The van der Waals surface area contributed by atoms with Crippen LogP contribution in [0.2, 0.25) is 0 Å². The number of carbonyl (C=O) groups excluding carboxylic acids is 2. The highest BCUT2D eigenvalue weighted by Gasteiger charge is 2.30. The van der Waals surface area contributed by atoms with Gasteiger partial charge >= 0.3 is 0 Å². The fourth-order valence-corrected chi connectivity index (χ4v) is 7.18. The topological polar surface area (TPSA) is 134 Å². The molecule has 1 aromatic carbocycles. The van der Waals surface area contributed by atoms with Gasteiger partial charge in [0, 0.05) is 37.8 Å². The van der Waals surface area contributed by atoms with Crippen LogP contribution in [-0.2, 0) is 0 Å². The lowest BCUT2D eigenvalue weighted by Crippen LogP contribution is -2.38. The summed E-state index contributed by atoms with van der Waals surface area (Å²) < 4.78 is 1.70. The molecule has 2 atom stereocenters. The number of amides is 2. The van der Waals surface area contributed by atoms with Crippen molar-refractivity contribution < 1.29 is 30.0 Å². The van der Waals surface area contributed by atoms with Crippen LogP contribution in [0, 0.1) is 10.7 Å². The fraction of sp³-hybridized carbons (Fsp3) is 0.529. The van der Waals surface area contributed by atoms with Gasteiger partial charge in [-0.1, -0.05) is 0 Å². The first kappa shape index (κ1) is 27.0. The molecule has 12 heteroatoms. The van der Waals surface area contributed by atoms with Gasteiger partial charge in [-0.15, -0.1) is 0 Å². The van der Waals surface area contributed by atoms with Crippen LogP contribution in [0.15, 0.2) is 0 Å². The first-order valence-corrected chi connectivity index (χ1v) is 11.7. The Morgan fingerprint density at radius 2 is 1.21 bits per heavy atom. The summed E-state index contributed by atoms with van der Waals surface area (Å²) in [6.07, 6.45) is -2.14. The number of likely N-dealkylation sites (N-methyl/N-ethyl adjacent to an activating group) is 2. The van der Waals surface area contributed by atoms with Gasteiger partial charge in [0.1, 0.15) is 0 Å². The molecule has 0 saturated heterocycles. The van der Waals surface area contributed by atoms with E-state index in [1.165, 1.54) is 23.9 Å². The van der Waals surface area contributed by atoms with Crippen LogP contribution in [0.5, 0.6) is 0 Å². The number of hydrogen-bond donors (Lipinski definition) is 5. The van der Waals surface area contributed by atoms with E-state index in [0.717, 1.165) is 0 Å². The normalized spacial score (nSPS) is 13.0. The average molecular weight is 747 g/mol. The molecular formula is C17H24I3N3O6. The molecule has 0 aromatic heterocycles. The highest BCUT2D eigenvalue weighted by Crippen LogP contribution is 2.36. The Morgan fingerprint density at radius 1 is 0.862 bits per heavy atom. The van der Waals surface area contributed by atoms with E-state index in [-0.39, 0.29) is 13.1 Å². The number of nitrogens with zero attached hydrogens (tertiary/aromatic N) is 2. The van der Waals surface area contributed by atoms with E-state index in [4.69, 9.17) is 10.2 Å². The minimum absolute atomic E-state index is 0.0613. The second-order valence-electron chi connectivity index (χ2n) is 6.36. The Labute approximate surface area is 210 Å². The summed E-state index contributed by atoms with van der Waals surface area (Å²) in [5, 5.41) is 40.4. The van der Waals surface area contributed by atoms with Crippen LogP contribution in [-0.4, -0.2) is 102 Å². The van der Waals surface area contributed by atoms with Crippen LogP contribution >= 0.6 is 67.8 Å². The number of anilines is 1. The number of hydrogen-bond acceptors (Lipinski definition) is 7. The van der Waals surface area contributed by atoms with Crippen LogP contribution < -0.4 is 5.32 Å². The minimum Gasteiger partial charge on any atom is -0.394 e. The summed E-state index contributed by atoms with van der Waals surface area (Å²) >= 11 is 6.03. The van der Waals surface area contributed by atoms with E-state index in [1.807, 2.05) is 67.8 Å². The quantitative estimate of drug-likeness (QED) is 0.231. The van der Waals surface area contributed by atoms with Gasteiger partial charge in [0.15, 0.2) is 0 Å². The molecule has 0 heterocycles. The van der Waals surface area contributed by atoms with E-state index in [0.29, 0.717) is 27.5 Å². The fourth-order valence-electron chi connectivity index (χ4n) is 2.55. The Hall–Kier alpha value is -0.0100. The molecule has 5 N–H and O–H groups in total. The van der Waals surface area contributed by atoms with Crippen molar-refractivity contribution in [2.45, 2.75) is 12.2 Å². The van der Waals surface area contributed by atoms with E-state index < -0.39 is 37.2 Å². The number of benzene rings is 1. The van der Waals surface area contributed by atoms with Gasteiger partial charge in [0.05, 0.1) is 49.4 Å². The van der Waals surface area contributed by atoms with Crippen molar-refractivity contribution in [1.29, 1.82) is 0 Å². The molecule has 29 heavy (non-hydrogen) atoms. The van der Waals surface area contributed by atoms with Crippen molar-refractivity contribution in [1.82, 2.24) is 9.80 Å². The summed E-state index contributed by atoms with van der Waals surface area (Å²) in [5.74, 6) is -0.794. The molecular weight excluding hydrogens is 723 g/mol. The number of rotatable bonds is 9. The lowest BCUT2D eigenvalue weighted by atomic mass is 10.1. The third-order valence-corrected chi connectivity index (χ3v) is 7.32. The first-order chi connectivity index (χ1) is 13.5. The monoisotopic (exact) mass is 747 g/mol. The van der Waals surface area contributed by atoms with Crippen molar-refractivity contribution in [2.24, 2.45) is 0 Å². The Balaban J connectivity index is 3.51. The van der Waals surface area contributed by atoms with Crippen molar-refractivity contribution in [3.63, 3.8) is 0 Å². The Bertz CT molecular complexity index is 707. The maximum absolute atomic E-state index is 13.1. The Kier molecular flexibility index (Phi) is 11.3. The summed E-state index contributed by atoms with van der Waals surface area (Å²) in [4.78, 5) is 28.7. The number of halogens is 3. The summed E-state index contributed by atoms with van der Waals surface area (Å²) in [6.45, 7) is -1.06. The van der Waals surface area contributed by atoms with Gasteiger partial charge in [-0.2, -0.15) is 0 Å². The zero-order valence-corrected chi connectivity index (χ0v) is 22.6. The lowest BCUT2D eigenvalue weighted by molar-refractivity contribution is 0.0514. The zero-order chi connectivity index (χ0) is 22.5. The van der Waals surface area contributed by atoms with Crippen LogP contribution in [0.1, 0.15) is 20.7 Å². The summed E-state index contributed by atoms with van der Waals surface area (Å²) in [6, 6.07) is 0. The van der Waals surface area contributed by atoms with Crippen molar-refractivity contribution in [3.8, 4) is 0 Å². The largest absolute Gasteiger partial charge is 0.394 e. The molecule has 164 valence electrons. The molecule has 0 radical (unpaired) electrons. The van der Waals surface area contributed by atoms with Crippen molar-refractivity contribution in [2.75, 3.05) is 52.8 Å². The van der Waals surface area contributed by atoms with E-state index in [9.17, 15) is 19.8 Å². The second-order valence-corrected chi connectivity index (χ2v) is 9.60. The highest BCUT2D eigenvalue weighted by atomic mass is 127. The zero-order valence-electron chi connectivity index (χ0n) is 16.1. The highest BCUT2D eigenvalue weighted by molar-refractivity contribution is 14.1. The van der Waals surface area contributed by atoms with Gasteiger partial charge in [-0.05, 0) is 67.8 Å². The molecule has 2 amide bonds. The maximum Gasteiger partial charge on any atom is 0.255 e. The van der Waals surface area contributed by atoms with Gasteiger partial charge < -0.3 is 35.5 Å². The van der Waals surface area contributed by atoms with Gasteiger partial charge in [0.2, 0.25) is 0 Å². The third-order valence-electron chi connectivity index (χ3n) is 4.08. The number of aliphatic hydroxyl groups excluding tert-OH is 4. The van der Waals surface area contributed by atoms with Gasteiger partial charge in [-0.25, -0.2) is 0 Å². The van der Waals surface area contributed by atoms with Crippen molar-refractivity contribution >= 4 is 85.3 Å². The molecule has 0 aliphatic carbocycles. The van der Waals surface area contributed by atoms with Crippen LogP contribution in [0.4, 0.5) is 5.69 Å². The van der Waals surface area contributed by atoms with E-state index in [1.54, 1.807) is 7.05 Å². The number of nitrogens with one attached hydrogen (secondary N) is 1. The standard InChI is InChI=1S/C17H24I3N3O6/c1-21-15-13(19)10(16(28)22(2)4-8(26)6-24)12(18)11(14(15)20)17(29)23(3)5-9(27)7-25/h8-9,21,24-27H,4-7H2,1-3H3. The molecule has 1 aromatic rings. The van der Waals surface area contributed by atoms with Crippen LogP contribution in [0.25, 0.3) is 0 Å². The number of aliphatic hydroxyl groups is 4. The molecule has 0 aliphatic rings. The minimum atomic E-state index is -1.07. The molecule has 0 spiro atoms. The predicted octanol–water partition coefficient (Wildman–Crippen LogP) is 0.393. The molecule has 9 nitrogen and oxygen atoms in total. The Morgan fingerprint density at radius 3 is 1.48 bits per heavy atom.